The standard InChI is InChI=1S/C23H22ClN3O4S/c1-13-5-4-6-18(14(13)2)31-11-15-9-20(28)27-17(12-32-23(27)21(15)30-3)22(29)26-19-8-7-16(24)10-25-19/h4-10,17H,11-12H2,1-3H3,(H,25,26,29)/t17-/m0/s1. The highest BCUT2D eigenvalue weighted by molar-refractivity contribution is 7.99. The summed E-state index contributed by atoms with van der Waals surface area (Å²) in [7, 11) is 1.55. The number of aromatic nitrogens is 2. The Morgan fingerprint density at radius 2 is 2.12 bits per heavy atom. The van der Waals surface area contributed by atoms with Crippen molar-refractivity contribution >= 4 is 35.1 Å². The van der Waals surface area contributed by atoms with Gasteiger partial charge in [0.15, 0.2) is 5.75 Å². The summed E-state index contributed by atoms with van der Waals surface area (Å²) in [5.41, 5.74) is 2.53. The first-order chi connectivity index (χ1) is 15.4. The van der Waals surface area contributed by atoms with Crippen molar-refractivity contribution in [2.24, 2.45) is 0 Å². The summed E-state index contributed by atoms with van der Waals surface area (Å²) in [4.78, 5) is 29.9. The Bertz CT molecular complexity index is 1230. The second kappa shape index (κ2) is 9.26. The number of amides is 1. The van der Waals surface area contributed by atoms with Crippen LogP contribution in [0.3, 0.4) is 0 Å². The van der Waals surface area contributed by atoms with Crippen molar-refractivity contribution in [1.29, 1.82) is 0 Å². The first-order valence-corrected chi connectivity index (χ1v) is 11.3. The van der Waals surface area contributed by atoms with E-state index in [1.165, 1.54) is 28.6 Å². The number of nitrogens with zero attached hydrogens (tertiary/aromatic N) is 2. The van der Waals surface area contributed by atoms with Gasteiger partial charge in [-0.1, -0.05) is 23.7 Å². The first-order valence-electron chi connectivity index (χ1n) is 9.95. The maximum atomic E-state index is 13.0. The van der Waals surface area contributed by atoms with Gasteiger partial charge in [0.05, 0.1) is 12.1 Å². The predicted octanol–water partition coefficient (Wildman–Crippen LogP) is 4.39. The second-order valence-corrected chi connectivity index (χ2v) is 8.83. The molecule has 1 N–H and O–H groups in total. The molecule has 0 aliphatic carbocycles. The predicted molar refractivity (Wildman–Crippen MR) is 125 cm³/mol. The summed E-state index contributed by atoms with van der Waals surface area (Å²) in [6.07, 6.45) is 1.45. The van der Waals surface area contributed by atoms with E-state index < -0.39 is 6.04 Å². The molecule has 166 valence electrons. The molecule has 1 amide bonds. The molecule has 1 aliphatic heterocycles. The molecular weight excluding hydrogens is 450 g/mol. The molecule has 1 aliphatic rings. The summed E-state index contributed by atoms with van der Waals surface area (Å²) < 4.78 is 13.1. The lowest BCUT2D eigenvalue weighted by Crippen LogP contribution is -2.33. The summed E-state index contributed by atoms with van der Waals surface area (Å²) >= 11 is 7.25. The van der Waals surface area contributed by atoms with Crippen LogP contribution in [0.15, 0.2) is 52.4 Å². The van der Waals surface area contributed by atoms with E-state index in [0.717, 1.165) is 16.9 Å². The quantitative estimate of drug-likeness (QED) is 0.574. The molecule has 0 unspecified atom stereocenters. The molecule has 0 radical (unpaired) electrons. The van der Waals surface area contributed by atoms with Crippen molar-refractivity contribution in [2.45, 2.75) is 31.5 Å². The maximum absolute atomic E-state index is 13.0. The molecular formula is C23H22ClN3O4S. The average Bonchev–Trinajstić information content (AvgIpc) is 3.22. The van der Waals surface area contributed by atoms with Gasteiger partial charge in [-0.05, 0) is 43.2 Å². The average molecular weight is 472 g/mol. The number of thioether (sulfide) groups is 1. The number of pyridine rings is 2. The van der Waals surface area contributed by atoms with Gasteiger partial charge in [0.2, 0.25) is 5.91 Å². The number of carbonyl (C=O) groups excluding carboxylic acids is 1. The summed E-state index contributed by atoms with van der Waals surface area (Å²) in [6, 6.07) is 9.89. The van der Waals surface area contributed by atoms with Crippen molar-refractivity contribution in [3.63, 3.8) is 0 Å². The number of halogens is 1. The van der Waals surface area contributed by atoms with E-state index >= 15 is 0 Å². The number of rotatable bonds is 6. The maximum Gasteiger partial charge on any atom is 0.252 e. The van der Waals surface area contributed by atoms with Crippen molar-refractivity contribution < 1.29 is 14.3 Å². The number of anilines is 1. The minimum absolute atomic E-state index is 0.183. The number of nitrogens with one attached hydrogen (secondary N) is 1. The third kappa shape index (κ3) is 4.33. The molecule has 3 heterocycles. The summed E-state index contributed by atoms with van der Waals surface area (Å²) in [5, 5.41) is 3.83. The molecule has 4 rings (SSSR count). The smallest absolute Gasteiger partial charge is 0.252 e. The van der Waals surface area contributed by atoms with Gasteiger partial charge < -0.3 is 14.8 Å². The van der Waals surface area contributed by atoms with Gasteiger partial charge in [-0.3, -0.25) is 14.2 Å². The molecule has 0 bridgehead atoms. The normalized spacial score (nSPS) is 14.7. The molecule has 0 spiro atoms. The number of hydrogen-bond donors (Lipinski definition) is 1. The minimum atomic E-state index is -0.678. The number of methoxy groups -OCH3 is 1. The molecule has 2 aromatic heterocycles. The molecule has 0 fully saturated rings. The number of hydrogen-bond acceptors (Lipinski definition) is 6. The SMILES string of the molecule is COc1c(COc2cccc(C)c2C)cc(=O)n2c1SC[C@H]2C(=O)Nc1ccc(Cl)cn1. The molecule has 0 saturated heterocycles. The van der Waals surface area contributed by atoms with Crippen molar-refractivity contribution in [3.8, 4) is 11.5 Å². The molecule has 1 atom stereocenters. The van der Waals surface area contributed by atoms with Crippen LogP contribution in [-0.4, -0.2) is 28.3 Å². The van der Waals surface area contributed by atoms with Crippen LogP contribution in [0.4, 0.5) is 5.82 Å². The molecule has 0 saturated carbocycles. The lowest BCUT2D eigenvalue weighted by molar-refractivity contribution is -0.118. The van der Waals surface area contributed by atoms with Gasteiger partial charge in [-0.25, -0.2) is 4.98 Å². The number of ether oxygens (including phenoxy) is 2. The van der Waals surface area contributed by atoms with E-state index in [-0.39, 0.29) is 18.1 Å². The largest absolute Gasteiger partial charge is 0.494 e. The Morgan fingerprint density at radius 3 is 2.84 bits per heavy atom. The Labute approximate surface area is 194 Å². The Kier molecular flexibility index (Phi) is 6.43. The van der Waals surface area contributed by atoms with E-state index in [1.54, 1.807) is 19.2 Å². The molecule has 1 aromatic carbocycles. The fourth-order valence-electron chi connectivity index (χ4n) is 3.51. The molecule has 7 nitrogen and oxygen atoms in total. The van der Waals surface area contributed by atoms with Gasteiger partial charge in [-0.2, -0.15) is 0 Å². The highest BCUT2D eigenvalue weighted by atomic mass is 35.5. The highest BCUT2D eigenvalue weighted by Crippen LogP contribution is 2.40. The van der Waals surface area contributed by atoms with Crippen molar-refractivity contribution in [3.05, 3.63) is 74.7 Å². The number of benzene rings is 1. The molecule has 3 aromatic rings. The van der Waals surface area contributed by atoms with Crippen LogP contribution in [0.2, 0.25) is 5.02 Å². The fourth-order valence-corrected chi connectivity index (χ4v) is 4.94. The van der Waals surface area contributed by atoms with Crippen LogP contribution in [0.5, 0.6) is 11.5 Å². The third-order valence-electron chi connectivity index (χ3n) is 5.35. The third-order valence-corrected chi connectivity index (χ3v) is 6.71. The molecule has 9 heteroatoms. The van der Waals surface area contributed by atoms with Crippen LogP contribution < -0.4 is 20.3 Å². The van der Waals surface area contributed by atoms with Crippen LogP contribution in [0.1, 0.15) is 22.7 Å². The summed E-state index contributed by atoms with van der Waals surface area (Å²) in [6.45, 7) is 4.20. The topological polar surface area (TPSA) is 82.5 Å². The van der Waals surface area contributed by atoms with E-state index in [1.807, 2.05) is 32.0 Å². The van der Waals surface area contributed by atoms with Crippen LogP contribution in [0, 0.1) is 13.8 Å². The fraction of sp³-hybridized carbons (Fsp3) is 0.261. The van der Waals surface area contributed by atoms with Crippen molar-refractivity contribution in [2.75, 3.05) is 18.2 Å². The zero-order chi connectivity index (χ0) is 22.8. The van der Waals surface area contributed by atoms with Gasteiger partial charge in [0.1, 0.15) is 29.2 Å². The number of fused-ring (bicyclic) bond motifs is 1. The van der Waals surface area contributed by atoms with Gasteiger partial charge in [-0.15, -0.1) is 11.8 Å². The summed E-state index contributed by atoms with van der Waals surface area (Å²) in [5.74, 6) is 1.76. The number of carbonyl (C=O) groups is 1. The van der Waals surface area contributed by atoms with E-state index in [2.05, 4.69) is 10.3 Å². The zero-order valence-corrected chi connectivity index (χ0v) is 19.4. The monoisotopic (exact) mass is 471 g/mol. The number of aryl methyl sites for hydroxylation is 1. The second-order valence-electron chi connectivity index (χ2n) is 7.38. The Hall–Kier alpha value is -2.97. The molecule has 32 heavy (non-hydrogen) atoms. The zero-order valence-electron chi connectivity index (χ0n) is 17.8. The Morgan fingerprint density at radius 1 is 1.31 bits per heavy atom. The van der Waals surface area contributed by atoms with E-state index in [0.29, 0.717) is 32.9 Å². The lowest BCUT2D eigenvalue weighted by Gasteiger charge is -2.17. The van der Waals surface area contributed by atoms with Gasteiger partial charge in [0.25, 0.3) is 5.56 Å². The van der Waals surface area contributed by atoms with Crippen LogP contribution >= 0.6 is 23.4 Å². The highest BCUT2D eigenvalue weighted by Gasteiger charge is 2.33. The lowest BCUT2D eigenvalue weighted by atomic mass is 10.1. The van der Waals surface area contributed by atoms with Crippen LogP contribution in [0.25, 0.3) is 0 Å². The van der Waals surface area contributed by atoms with E-state index in [4.69, 9.17) is 21.1 Å². The van der Waals surface area contributed by atoms with E-state index in [9.17, 15) is 9.59 Å². The van der Waals surface area contributed by atoms with Crippen LogP contribution in [-0.2, 0) is 11.4 Å². The van der Waals surface area contributed by atoms with Gasteiger partial charge >= 0.3 is 0 Å². The van der Waals surface area contributed by atoms with Crippen molar-refractivity contribution in [1.82, 2.24) is 9.55 Å². The van der Waals surface area contributed by atoms with Gasteiger partial charge in [0, 0.05) is 23.6 Å². The minimum Gasteiger partial charge on any atom is -0.494 e. The Balaban J connectivity index is 1.59. The first kappa shape index (κ1) is 22.2.